The molecule has 0 radical (unpaired) electrons. The highest BCUT2D eigenvalue weighted by Gasteiger charge is 2.08. The normalized spacial score (nSPS) is 10.5. The lowest BCUT2D eigenvalue weighted by Gasteiger charge is -2.19. The summed E-state index contributed by atoms with van der Waals surface area (Å²) in [6.07, 6.45) is 3.59. The van der Waals surface area contributed by atoms with Crippen LogP contribution in [-0.2, 0) is 6.54 Å². The number of hydrogen-bond donors (Lipinski definition) is 0. The van der Waals surface area contributed by atoms with E-state index in [1.165, 1.54) is 5.56 Å². The van der Waals surface area contributed by atoms with Gasteiger partial charge in [0.25, 0.3) is 0 Å². The Kier molecular flexibility index (Phi) is 4.10. The van der Waals surface area contributed by atoms with Crippen LogP contribution < -0.4 is 4.90 Å². The van der Waals surface area contributed by atoms with Crippen LogP contribution in [0.3, 0.4) is 0 Å². The van der Waals surface area contributed by atoms with Crippen LogP contribution in [0.2, 0.25) is 0 Å². The van der Waals surface area contributed by atoms with E-state index >= 15 is 0 Å². The predicted octanol–water partition coefficient (Wildman–Crippen LogP) is 3.48. The molecule has 0 aliphatic carbocycles. The highest BCUT2D eigenvalue weighted by molar-refractivity contribution is 5.61. The zero-order valence-corrected chi connectivity index (χ0v) is 12.8. The van der Waals surface area contributed by atoms with Crippen molar-refractivity contribution in [2.75, 3.05) is 11.9 Å². The van der Waals surface area contributed by atoms with Gasteiger partial charge in [0.05, 0.1) is 5.69 Å². The van der Waals surface area contributed by atoms with Crippen LogP contribution in [0.15, 0.2) is 60.9 Å². The Labute approximate surface area is 130 Å². The molecule has 4 nitrogen and oxygen atoms in total. The summed E-state index contributed by atoms with van der Waals surface area (Å²) in [4.78, 5) is 15.4. The Hall–Kier alpha value is -2.75. The molecule has 0 atom stereocenters. The Balaban J connectivity index is 1.89. The van der Waals surface area contributed by atoms with Crippen LogP contribution in [0.1, 0.15) is 11.4 Å². The van der Waals surface area contributed by atoms with E-state index in [1.807, 2.05) is 44.4 Å². The predicted molar refractivity (Wildman–Crippen MR) is 88.5 cm³/mol. The number of hydrogen-bond acceptors (Lipinski definition) is 4. The first-order valence-electron chi connectivity index (χ1n) is 7.23. The maximum atomic E-state index is 4.55. The maximum Gasteiger partial charge on any atom is 0.132 e. The molecule has 0 saturated heterocycles. The van der Waals surface area contributed by atoms with Crippen molar-refractivity contribution in [2.45, 2.75) is 13.5 Å². The zero-order chi connectivity index (χ0) is 15.4. The first-order valence-corrected chi connectivity index (χ1v) is 7.23. The molecule has 1 aromatic carbocycles. The Morgan fingerprint density at radius 2 is 1.82 bits per heavy atom. The molecule has 2 heterocycles. The largest absolute Gasteiger partial charge is 0.355 e. The third-order valence-electron chi connectivity index (χ3n) is 3.44. The van der Waals surface area contributed by atoms with Crippen molar-refractivity contribution in [3.8, 4) is 11.3 Å². The fourth-order valence-electron chi connectivity index (χ4n) is 2.35. The number of pyridine rings is 1. The van der Waals surface area contributed by atoms with Gasteiger partial charge in [-0.1, -0.05) is 30.3 Å². The standard InChI is InChI=1S/C18H18N4/c1-14-20-17(16-9-6-10-19-12-16)11-18(21-14)22(2)13-15-7-4-3-5-8-15/h3-12H,13H2,1-2H3. The van der Waals surface area contributed by atoms with Gasteiger partial charge in [0.15, 0.2) is 0 Å². The van der Waals surface area contributed by atoms with Crippen LogP contribution in [0.25, 0.3) is 11.3 Å². The van der Waals surface area contributed by atoms with Gasteiger partial charge in [0, 0.05) is 37.6 Å². The minimum Gasteiger partial charge on any atom is -0.355 e. The molecule has 3 aromatic rings. The summed E-state index contributed by atoms with van der Waals surface area (Å²) in [6, 6.07) is 16.3. The van der Waals surface area contributed by atoms with E-state index in [0.29, 0.717) is 0 Å². The van der Waals surface area contributed by atoms with Crippen molar-refractivity contribution in [2.24, 2.45) is 0 Å². The first-order chi connectivity index (χ1) is 10.7. The van der Waals surface area contributed by atoms with Gasteiger partial charge in [-0.3, -0.25) is 4.98 Å². The van der Waals surface area contributed by atoms with Crippen LogP contribution in [-0.4, -0.2) is 22.0 Å². The van der Waals surface area contributed by atoms with Crippen LogP contribution in [0.4, 0.5) is 5.82 Å². The second-order valence-corrected chi connectivity index (χ2v) is 5.24. The second-order valence-electron chi connectivity index (χ2n) is 5.24. The number of aromatic nitrogens is 3. The minimum absolute atomic E-state index is 0.760. The summed E-state index contributed by atoms with van der Waals surface area (Å²) in [6.45, 7) is 2.73. The summed E-state index contributed by atoms with van der Waals surface area (Å²) in [7, 11) is 2.04. The van der Waals surface area contributed by atoms with Crippen LogP contribution in [0, 0.1) is 6.92 Å². The van der Waals surface area contributed by atoms with Gasteiger partial charge in [-0.2, -0.15) is 0 Å². The van der Waals surface area contributed by atoms with E-state index in [1.54, 1.807) is 6.20 Å². The zero-order valence-electron chi connectivity index (χ0n) is 12.8. The molecule has 0 bridgehead atoms. The number of benzene rings is 1. The van der Waals surface area contributed by atoms with E-state index < -0.39 is 0 Å². The van der Waals surface area contributed by atoms with Gasteiger partial charge in [-0.15, -0.1) is 0 Å². The maximum absolute atomic E-state index is 4.55. The topological polar surface area (TPSA) is 41.9 Å². The van der Waals surface area contributed by atoms with Crippen molar-refractivity contribution < 1.29 is 0 Å². The van der Waals surface area contributed by atoms with E-state index in [-0.39, 0.29) is 0 Å². The van der Waals surface area contributed by atoms with Gasteiger partial charge in [-0.25, -0.2) is 9.97 Å². The van der Waals surface area contributed by atoms with Crippen molar-refractivity contribution in [3.63, 3.8) is 0 Å². The third kappa shape index (κ3) is 3.28. The molecular weight excluding hydrogens is 272 g/mol. The van der Waals surface area contributed by atoms with Gasteiger partial charge in [0.1, 0.15) is 11.6 Å². The molecule has 4 heteroatoms. The van der Waals surface area contributed by atoms with Crippen molar-refractivity contribution in [3.05, 3.63) is 72.3 Å². The van der Waals surface area contributed by atoms with E-state index in [4.69, 9.17) is 0 Å². The summed E-state index contributed by atoms with van der Waals surface area (Å²) in [5.74, 6) is 1.67. The summed E-state index contributed by atoms with van der Waals surface area (Å²) in [5.41, 5.74) is 3.15. The lowest BCUT2D eigenvalue weighted by Crippen LogP contribution is -2.18. The molecular formula is C18H18N4. The number of nitrogens with zero attached hydrogens (tertiary/aromatic N) is 4. The van der Waals surface area contributed by atoms with Gasteiger partial charge < -0.3 is 4.90 Å². The van der Waals surface area contributed by atoms with Crippen LogP contribution >= 0.6 is 0 Å². The third-order valence-corrected chi connectivity index (χ3v) is 3.44. The smallest absolute Gasteiger partial charge is 0.132 e. The van der Waals surface area contributed by atoms with Gasteiger partial charge in [-0.05, 0) is 24.6 Å². The molecule has 0 aliphatic rings. The monoisotopic (exact) mass is 290 g/mol. The molecule has 0 unspecified atom stereocenters. The lowest BCUT2D eigenvalue weighted by atomic mass is 10.2. The van der Waals surface area contributed by atoms with Crippen LogP contribution in [0.5, 0.6) is 0 Å². The van der Waals surface area contributed by atoms with E-state index in [0.717, 1.165) is 29.4 Å². The molecule has 0 spiro atoms. The molecule has 0 aliphatic heterocycles. The van der Waals surface area contributed by atoms with Gasteiger partial charge >= 0.3 is 0 Å². The van der Waals surface area contributed by atoms with E-state index in [2.05, 4.69) is 44.1 Å². The second kappa shape index (κ2) is 6.35. The molecule has 3 rings (SSSR count). The molecule has 0 N–H and O–H groups in total. The summed E-state index contributed by atoms with van der Waals surface area (Å²) >= 11 is 0. The average Bonchev–Trinajstić information content (AvgIpc) is 2.56. The highest BCUT2D eigenvalue weighted by atomic mass is 15.2. The molecule has 0 fully saturated rings. The Morgan fingerprint density at radius 1 is 1.00 bits per heavy atom. The van der Waals surface area contributed by atoms with Crippen molar-refractivity contribution in [1.29, 1.82) is 0 Å². The number of anilines is 1. The summed E-state index contributed by atoms with van der Waals surface area (Å²) < 4.78 is 0. The molecule has 22 heavy (non-hydrogen) atoms. The highest BCUT2D eigenvalue weighted by Crippen LogP contribution is 2.21. The molecule has 2 aromatic heterocycles. The Morgan fingerprint density at radius 3 is 2.55 bits per heavy atom. The fourth-order valence-corrected chi connectivity index (χ4v) is 2.35. The lowest BCUT2D eigenvalue weighted by molar-refractivity contribution is 0.880. The molecule has 0 amide bonds. The minimum atomic E-state index is 0.760. The quantitative estimate of drug-likeness (QED) is 0.737. The Bertz CT molecular complexity index is 742. The van der Waals surface area contributed by atoms with Crippen molar-refractivity contribution >= 4 is 5.82 Å². The van der Waals surface area contributed by atoms with Crippen molar-refractivity contribution in [1.82, 2.24) is 15.0 Å². The summed E-state index contributed by atoms with van der Waals surface area (Å²) in [5, 5.41) is 0. The van der Waals surface area contributed by atoms with Gasteiger partial charge in [0.2, 0.25) is 0 Å². The fraction of sp³-hybridized carbons (Fsp3) is 0.167. The van der Waals surface area contributed by atoms with E-state index in [9.17, 15) is 0 Å². The first kappa shape index (κ1) is 14.2. The number of rotatable bonds is 4. The SMILES string of the molecule is Cc1nc(-c2cccnc2)cc(N(C)Cc2ccccc2)n1. The number of aryl methyl sites for hydroxylation is 1. The molecule has 110 valence electrons. The molecule has 0 saturated carbocycles. The average molecular weight is 290 g/mol.